The van der Waals surface area contributed by atoms with Crippen LogP contribution in [0.1, 0.15) is 38.0 Å². The third kappa shape index (κ3) is 4.54. The van der Waals surface area contributed by atoms with Gasteiger partial charge in [0, 0.05) is 39.6 Å². The summed E-state index contributed by atoms with van der Waals surface area (Å²) in [6, 6.07) is 3.90. The number of hydrogen-bond acceptors (Lipinski definition) is 4. The number of nitrogens with one attached hydrogen (secondary N) is 1. The van der Waals surface area contributed by atoms with E-state index in [0.29, 0.717) is 26.2 Å². The maximum atomic E-state index is 12.6. The zero-order valence-electron chi connectivity index (χ0n) is 14.9. The molecular weight excluding hydrogens is 320 g/mol. The SMILES string of the molecule is CC(=O)N1CCCN(C(=O)NCC(c2ccco2)N2CCCC2)CC1. The van der Waals surface area contributed by atoms with Gasteiger partial charge in [-0.15, -0.1) is 0 Å². The predicted octanol–water partition coefficient (Wildman–Crippen LogP) is 1.68. The topological polar surface area (TPSA) is 69.0 Å². The smallest absolute Gasteiger partial charge is 0.317 e. The lowest BCUT2D eigenvalue weighted by Gasteiger charge is -2.28. The Morgan fingerprint density at radius 2 is 1.80 bits per heavy atom. The van der Waals surface area contributed by atoms with Crippen LogP contribution in [0, 0.1) is 0 Å². The minimum atomic E-state index is -0.0545. The first kappa shape index (κ1) is 17.8. The van der Waals surface area contributed by atoms with Gasteiger partial charge in [-0.1, -0.05) is 0 Å². The molecule has 1 aromatic heterocycles. The first-order chi connectivity index (χ1) is 12.1. The van der Waals surface area contributed by atoms with Gasteiger partial charge in [-0.3, -0.25) is 9.69 Å². The van der Waals surface area contributed by atoms with Crippen LogP contribution in [-0.2, 0) is 4.79 Å². The number of carbonyl (C=O) groups excluding carboxylic acids is 2. The van der Waals surface area contributed by atoms with Crippen molar-refractivity contribution >= 4 is 11.9 Å². The fourth-order valence-corrected chi connectivity index (χ4v) is 3.68. The minimum absolute atomic E-state index is 0.0545. The van der Waals surface area contributed by atoms with E-state index in [-0.39, 0.29) is 18.0 Å². The molecule has 0 bridgehead atoms. The Kier molecular flexibility index (Phi) is 5.96. The summed E-state index contributed by atoms with van der Waals surface area (Å²) in [5.74, 6) is 0.981. The molecule has 0 spiro atoms. The highest BCUT2D eigenvalue weighted by Crippen LogP contribution is 2.24. The molecule has 2 aliphatic heterocycles. The summed E-state index contributed by atoms with van der Waals surface area (Å²) in [5.41, 5.74) is 0. The van der Waals surface area contributed by atoms with Crippen molar-refractivity contribution in [3.63, 3.8) is 0 Å². The number of furan rings is 1. The van der Waals surface area contributed by atoms with Crippen LogP contribution in [-0.4, -0.2) is 72.5 Å². The van der Waals surface area contributed by atoms with E-state index in [2.05, 4.69) is 10.2 Å². The van der Waals surface area contributed by atoms with Gasteiger partial charge >= 0.3 is 6.03 Å². The van der Waals surface area contributed by atoms with E-state index in [1.165, 1.54) is 12.8 Å². The summed E-state index contributed by atoms with van der Waals surface area (Å²) in [6.07, 6.45) is 4.89. The lowest BCUT2D eigenvalue weighted by Crippen LogP contribution is -2.45. The highest BCUT2D eigenvalue weighted by atomic mass is 16.3. The second-order valence-electron chi connectivity index (χ2n) is 6.81. The Bertz CT molecular complexity index is 569. The maximum absolute atomic E-state index is 12.6. The standard InChI is InChI=1S/C18H28N4O3/c1-15(23)20-9-5-10-22(12-11-20)18(24)19-14-16(17-6-4-13-25-17)21-7-2-3-8-21/h4,6,13,16H,2-3,5,7-12,14H2,1H3,(H,19,24). The molecule has 0 radical (unpaired) electrons. The molecule has 7 heteroatoms. The second-order valence-corrected chi connectivity index (χ2v) is 6.81. The third-order valence-electron chi connectivity index (χ3n) is 5.13. The van der Waals surface area contributed by atoms with Crippen molar-refractivity contribution in [3.05, 3.63) is 24.2 Å². The third-order valence-corrected chi connectivity index (χ3v) is 5.13. The average molecular weight is 348 g/mol. The lowest BCUT2D eigenvalue weighted by atomic mass is 10.2. The van der Waals surface area contributed by atoms with E-state index in [1.807, 2.05) is 21.9 Å². The van der Waals surface area contributed by atoms with Crippen LogP contribution in [0.3, 0.4) is 0 Å². The summed E-state index contributed by atoms with van der Waals surface area (Å²) in [5, 5.41) is 3.07. The molecule has 1 atom stereocenters. The molecule has 7 nitrogen and oxygen atoms in total. The Hall–Kier alpha value is -2.02. The summed E-state index contributed by atoms with van der Waals surface area (Å²) >= 11 is 0. The Morgan fingerprint density at radius 3 is 2.48 bits per heavy atom. The molecule has 138 valence electrons. The quantitative estimate of drug-likeness (QED) is 0.899. The molecule has 0 aromatic carbocycles. The van der Waals surface area contributed by atoms with Crippen molar-refractivity contribution in [3.8, 4) is 0 Å². The molecule has 0 aliphatic carbocycles. The van der Waals surface area contributed by atoms with E-state index in [1.54, 1.807) is 13.2 Å². The van der Waals surface area contributed by atoms with Gasteiger partial charge in [0.05, 0.1) is 12.3 Å². The summed E-state index contributed by atoms with van der Waals surface area (Å²) < 4.78 is 5.60. The summed E-state index contributed by atoms with van der Waals surface area (Å²) in [4.78, 5) is 30.1. The molecular formula is C18H28N4O3. The van der Waals surface area contributed by atoms with Gasteiger partial charge in [0.15, 0.2) is 0 Å². The van der Waals surface area contributed by atoms with Crippen LogP contribution in [0.5, 0.6) is 0 Å². The average Bonchev–Trinajstić information content (AvgIpc) is 3.25. The van der Waals surface area contributed by atoms with Gasteiger partial charge < -0.3 is 19.5 Å². The van der Waals surface area contributed by atoms with Crippen LogP contribution in [0.25, 0.3) is 0 Å². The predicted molar refractivity (Wildman–Crippen MR) is 94.1 cm³/mol. The van der Waals surface area contributed by atoms with E-state index in [0.717, 1.165) is 31.8 Å². The number of hydrogen-bond donors (Lipinski definition) is 1. The second kappa shape index (κ2) is 8.38. The van der Waals surface area contributed by atoms with Crippen LogP contribution in [0.2, 0.25) is 0 Å². The first-order valence-electron chi connectivity index (χ1n) is 9.21. The fourth-order valence-electron chi connectivity index (χ4n) is 3.68. The van der Waals surface area contributed by atoms with Gasteiger partial charge in [0.2, 0.25) is 5.91 Å². The highest BCUT2D eigenvalue weighted by Gasteiger charge is 2.27. The van der Waals surface area contributed by atoms with Crippen molar-refractivity contribution < 1.29 is 14.0 Å². The van der Waals surface area contributed by atoms with Crippen molar-refractivity contribution in [1.29, 1.82) is 0 Å². The highest BCUT2D eigenvalue weighted by molar-refractivity contribution is 5.75. The normalized spacial score (nSPS) is 20.4. The molecule has 2 saturated heterocycles. The van der Waals surface area contributed by atoms with Crippen molar-refractivity contribution in [2.45, 2.75) is 32.2 Å². The van der Waals surface area contributed by atoms with Gasteiger partial charge in [-0.05, 0) is 44.5 Å². The van der Waals surface area contributed by atoms with E-state index < -0.39 is 0 Å². The molecule has 3 rings (SSSR count). The van der Waals surface area contributed by atoms with Crippen LogP contribution >= 0.6 is 0 Å². The molecule has 2 aliphatic rings. The fraction of sp³-hybridized carbons (Fsp3) is 0.667. The number of rotatable bonds is 4. The maximum Gasteiger partial charge on any atom is 0.317 e. The molecule has 25 heavy (non-hydrogen) atoms. The number of urea groups is 1. The largest absolute Gasteiger partial charge is 0.468 e. The van der Waals surface area contributed by atoms with Gasteiger partial charge in [0.25, 0.3) is 0 Å². The lowest BCUT2D eigenvalue weighted by molar-refractivity contribution is -0.128. The molecule has 1 unspecified atom stereocenters. The number of amides is 3. The molecule has 3 amide bonds. The van der Waals surface area contributed by atoms with Gasteiger partial charge in [-0.25, -0.2) is 4.79 Å². The van der Waals surface area contributed by atoms with E-state index in [9.17, 15) is 9.59 Å². The molecule has 0 saturated carbocycles. The molecule has 3 heterocycles. The van der Waals surface area contributed by atoms with Crippen molar-refractivity contribution in [2.24, 2.45) is 0 Å². The minimum Gasteiger partial charge on any atom is -0.468 e. The number of nitrogens with zero attached hydrogens (tertiary/aromatic N) is 3. The monoisotopic (exact) mass is 348 g/mol. The Labute approximate surface area is 148 Å². The van der Waals surface area contributed by atoms with E-state index >= 15 is 0 Å². The van der Waals surface area contributed by atoms with Crippen LogP contribution in [0.15, 0.2) is 22.8 Å². The summed E-state index contributed by atoms with van der Waals surface area (Å²) in [6.45, 7) is 6.81. The zero-order valence-corrected chi connectivity index (χ0v) is 14.9. The zero-order chi connectivity index (χ0) is 17.6. The van der Waals surface area contributed by atoms with Gasteiger partial charge in [0.1, 0.15) is 5.76 Å². The van der Waals surface area contributed by atoms with Gasteiger partial charge in [-0.2, -0.15) is 0 Å². The van der Waals surface area contributed by atoms with Crippen molar-refractivity contribution in [1.82, 2.24) is 20.0 Å². The Balaban J connectivity index is 1.55. The van der Waals surface area contributed by atoms with Crippen LogP contribution in [0.4, 0.5) is 4.79 Å². The first-order valence-corrected chi connectivity index (χ1v) is 9.21. The van der Waals surface area contributed by atoms with Crippen LogP contribution < -0.4 is 5.32 Å². The molecule has 1 N–H and O–H groups in total. The number of carbonyl (C=O) groups is 2. The molecule has 2 fully saturated rings. The summed E-state index contributed by atoms with van der Waals surface area (Å²) in [7, 11) is 0. The van der Waals surface area contributed by atoms with E-state index in [4.69, 9.17) is 4.42 Å². The van der Waals surface area contributed by atoms with Crippen molar-refractivity contribution in [2.75, 3.05) is 45.8 Å². The number of likely N-dealkylation sites (tertiary alicyclic amines) is 1. The Morgan fingerprint density at radius 1 is 1.08 bits per heavy atom. The molecule has 1 aromatic rings.